The molecular weight excluding hydrogens is 364 g/mol. The van der Waals surface area contributed by atoms with E-state index in [2.05, 4.69) is 21.1 Å². The molecule has 4 atom stereocenters. The molecule has 2 aromatic rings. The molecule has 2 fully saturated rings. The van der Waals surface area contributed by atoms with Gasteiger partial charge in [0.15, 0.2) is 0 Å². The standard InChI is InChI=1S/C20H23ClN4O2/c21-17-1-2-20-14(4-17)3-13(10-27-20)7-24-8-15-5-18(25-12-22-11-23-25)19(26)6-16(15)9-24/h1-4,11-12,15-16,18-19,26H,5-10H2/t15-,16+,18-,19-/m1/s1. The van der Waals surface area contributed by atoms with Crippen molar-refractivity contribution in [3.63, 3.8) is 0 Å². The number of hydrogen-bond donors (Lipinski definition) is 1. The predicted molar refractivity (Wildman–Crippen MR) is 103 cm³/mol. The van der Waals surface area contributed by atoms with Crippen molar-refractivity contribution in [2.24, 2.45) is 11.8 Å². The van der Waals surface area contributed by atoms with E-state index in [1.807, 2.05) is 22.9 Å². The van der Waals surface area contributed by atoms with Crippen LogP contribution in [0.3, 0.4) is 0 Å². The maximum atomic E-state index is 10.6. The Morgan fingerprint density at radius 3 is 2.89 bits per heavy atom. The Hall–Kier alpha value is -1.89. The predicted octanol–water partition coefficient (Wildman–Crippen LogP) is 2.65. The first-order chi connectivity index (χ1) is 13.2. The number of aliphatic hydroxyl groups is 1. The lowest BCUT2D eigenvalue weighted by molar-refractivity contribution is 0.0305. The third-order valence-corrected chi connectivity index (χ3v) is 6.37. The lowest BCUT2D eigenvalue weighted by Crippen LogP contribution is -2.36. The molecule has 1 saturated carbocycles. The normalized spacial score (nSPS) is 30.4. The van der Waals surface area contributed by atoms with Crippen LogP contribution in [0.5, 0.6) is 5.75 Å². The van der Waals surface area contributed by atoms with E-state index in [0.29, 0.717) is 18.4 Å². The molecule has 0 bridgehead atoms. The fourth-order valence-corrected chi connectivity index (χ4v) is 5.06. The number of rotatable bonds is 3. The van der Waals surface area contributed by atoms with E-state index in [4.69, 9.17) is 16.3 Å². The van der Waals surface area contributed by atoms with Gasteiger partial charge in [-0.25, -0.2) is 9.67 Å². The molecule has 1 saturated heterocycles. The number of hydrogen-bond acceptors (Lipinski definition) is 5. The van der Waals surface area contributed by atoms with Gasteiger partial charge in [-0.3, -0.25) is 4.90 Å². The molecule has 0 unspecified atom stereocenters. The van der Waals surface area contributed by atoms with Gasteiger partial charge in [-0.05, 0) is 54.5 Å². The molecule has 6 nitrogen and oxygen atoms in total. The number of nitrogens with zero attached hydrogens (tertiary/aromatic N) is 4. The van der Waals surface area contributed by atoms with Gasteiger partial charge in [-0.1, -0.05) is 11.6 Å². The highest BCUT2D eigenvalue weighted by molar-refractivity contribution is 6.30. The summed E-state index contributed by atoms with van der Waals surface area (Å²) in [7, 11) is 0. The van der Waals surface area contributed by atoms with E-state index in [9.17, 15) is 5.11 Å². The van der Waals surface area contributed by atoms with Gasteiger partial charge < -0.3 is 9.84 Å². The Kier molecular flexibility index (Phi) is 4.42. The molecule has 3 aliphatic rings. The SMILES string of the molecule is O[C@@H]1C[C@H]2CN(CC3=Cc4cc(Cl)ccc4OC3)C[C@H]2C[C@H]1n1cncn1. The van der Waals surface area contributed by atoms with Crippen molar-refractivity contribution in [2.45, 2.75) is 25.0 Å². The van der Waals surface area contributed by atoms with Gasteiger partial charge in [0, 0.05) is 30.2 Å². The summed E-state index contributed by atoms with van der Waals surface area (Å²) in [6.45, 7) is 3.63. The third-order valence-electron chi connectivity index (χ3n) is 6.13. The zero-order valence-corrected chi connectivity index (χ0v) is 15.8. The summed E-state index contributed by atoms with van der Waals surface area (Å²) in [5.74, 6) is 2.04. The summed E-state index contributed by atoms with van der Waals surface area (Å²) in [6, 6.07) is 5.79. The topological polar surface area (TPSA) is 63.4 Å². The van der Waals surface area contributed by atoms with Gasteiger partial charge in [0.2, 0.25) is 0 Å². The number of likely N-dealkylation sites (tertiary alicyclic amines) is 1. The molecule has 1 aromatic carbocycles. The van der Waals surface area contributed by atoms with Gasteiger partial charge in [-0.15, -0.1) is 0 Å². The van der Waals surface area contributed by atoms with Gasteiger partial charge in [0.05, 0.1) is 12.1 Å². The van der Waals surface area contributed by atoms with Crippen molar-refractivity contribution in [3.05, 3.63) is 47.0 Å². The van der Waals surface area contributed by atoms with Crippen LogP contribution in [0.2, 0.25) is 5.02 Å². The molecule has 27 heavy (non-hydrogen) atoms. The van der Waals surface area contributed by atoms with Gasteiger partial charge >= 0.3 is 0 Å². The average molecular weight is 387 g/mol. The van der Waals surface area contributed by atoms with Crippen molar-refractivity contribution in [1.29, 1.82) is 0 Å². The zero-order chi connectivity index (χ0) is 18.4. The minimum absolute atomic E-state index is 0.0416. The summed E-state index contributed by atoms with van der Waals surface area (Å²) < 4.78 is 7.71. The Balaban J connectivity index is 1.26. The molecule has 7 heteroatoms. The van der Waals surface area contributed by atoms with Crippen LogP contribution in [-0.2, 0) is 0 Å². The zero-order valence-electron chi connectivity index (χ0n) is 15.0. The van der Waals surface area contributed by atoms with Gasteiger partial charge in [0.25, 0.3) is 0 Å². The molecule has 1 N–H and O–H groups in total. The average Bonchev–Trinajstić information content (AvgIpc) is 3.29. The Labute approximate surface area is 163 Å². The second-order valence-corrected chi connectivity index (χ2v) is 8.41. The van der Waals surface area contributed by atoms with E-state index in [-0.39, 0.29) is 12.1 Å². The molecule has 3 heterocycles. The summed E-state index contributed by atoms with van der Waals surface area (Å²) in [4.78, 5) is 6.53. The fourth-order valence-electron chi connectivity index (χ4n) is 4.88. The van der Waals surface area contributed by atoms with E-state index < -0.39 is 0 Å². The van der Waals surface area contributed by atoms with Crippen molar-refractivity contribution in [2.75, 3.05) is 26.2 Å². The largest absolute Gasteiger partial charge is 0.489 e. The smallest absolute Gasteiger partial charge is 0.137 e. The first-order valence-corrected chi connectivity index (χ1v) is 9.90. The molecule has 0 amide bonds. The molecule has 2 aliphatic heterocycles. The van der Waals surface area contributed by atoms with Gasteiger partial charge in [0.1, 0.15) is 25.0 Å². The molecule has 142 valence electrons. The summed E-state index contributed by atoms with van der Waals surface area (Å²) >= 11 is 6.12. The highest BCUT2D eigenvalue weighted by Gasteiger charge is 2.42. The quantitative estimate of drug-likeness (QED) is 0.878. The Bertz CT molecular complexity index is 854. The van der Waals surface area contributed by atoms with E-state index >= 15 is 0 Å². The highest BCUT2D eigenvalue weighted by atomic mass is 35.5. The number of aliphatic hydroxyl groups excluding tert-OH is 1. The van der Waals surface area contributed by atoms with Crippen LogP contribution in [0.15, 0.2) is 36.4 Å². The monoisotopic (exact) mass is 386 g/mol. The minimum Gasteiger partial charge on any atom is -0.489 e. The lowest BCUT2D eigenvalue weighted by atomic mass is 9.77. The Morgan fingerprint density at radius 1 is 1.22 bits per heavy atom. The van der Waals surface area contributed by atoms with E-state index in [1.165, 1.54) is 5.57 Å². The second kappa shape index (κ2) is 6.93. The first kappa shape index (κ1) is 17.2. The van der Waals surface area contributed by atoms with Crippen LogP contribution in [-0.4, -0.2) is 57.1 Å². The minimum atomic E-state index is -0.348. The number of aromatic nitrogens is 3. The van der Waals surface area contributed by atoms with Crippen LogP contribution < -0.4 is 4.74 Å². The van der Waals surface area contributed by atoms with E-state index in [0.717, 1.165) is 48.8 Å². The summed E-state index contributed by atoms with van der Waals surface area (Å²) in [5, 5.41) is 15.6. The van der Waals surface area contributed by atoms with Crippen molar-refractivity contribution >= 4 is 17.7 Å². The first-order valence-electron chi connectivity index (χ1n) is 9.52. The van der Waals surface area contributed by atoms with Crippen LogP contribution in [0, 0.1) is 11.8 Å². The Morgan fingerprint density at radius 2 is 2.07 bits per heavy atom. The molecule has 1 aliphatic carbocycles. The third kappa shape index (κ3) is 3.37. The molecular formula is C20H23ClN4O2. The molecule has 5 rings (SSSR count). The number of ether oxygens (including phenoxy) is 1. The number of benzene rings is 1. The van der Waals surface area contributed by atoms with Crippen molar-refractivity contribution in [3.8, 4) is 5.75 Å². The second-order valence-electron chi connectivity index (χ2n) is 7.97. The molecule has 1 aromatic heterocycles. The fraction of sp³-hybridized carbons (Fsp3) is 0.500. The van der Waals surface area contributed by atoms with Crippen molar-refractivity contribution < 1.29 is 9.84 Å². The maximum Gasteiger partial charge on any atom is 0.137 e. The van der Waals surface area contributed by atoms with Crippen LogP contribution in [0.4, 0.5) is 0 Å². The van der Waals surface area contributed by atoms with Crippen LogP contribution in [0.1, 0.15) is 24.4 Å². The molecule has 0 radical (unpaired) electrons. The maximum absolute atomic E-state index is 10.6. The van der Waals surface area contributed by atoms with Crippen LogP contribution in [0.25, 0.3) is 6.08 Å². The summed E-state index contributed by atoms with van der Waals surface area (Å²) in [6.07, 6.45) is 6.91. The molecule has 0 spiro atoms. The van der Waals surface area contributed by atoms with Crippen molar-refractivity contribution in [1.82, 2.24) is 19.7 Å². The number of halogens is 1. The summed E-state index contributed by atoms with van der Waals surface area (Å²) in [5.41, 5.74) is 2.33. The van der Waals surface area contributed by atoms with Gasteiger partial charge in [-0.2, -0.15) is 5.10 Å². The van der Waals surface area contributed by atoms with Crippen LogP contribution >= 0.6 is 11.6 Å². The lowest BCUT2D eigenvalue weighted by Gasteiger charge is -2.35. The number of fused-ring (bicyclic) bond motifs is 2. The van der Waals surface area contributed by atoms with E-state index in [1.54, 1.807) is 12.7 Å². The highest BCUT2D eigenvalue weighted by Crippen LogP contribution is 2.41.